The van der Waals surface area contributed by atoms with E-state index in [4.69, 9.17) is 16.3 Å². The lowest BCUT2D eigenvalue weighted by molar-refractivity contribution is 0.0963. The van der Waals surface area contributed by atoms with Gasteiger partial charge in [-0.25, -0.2) is 4.79 Å². The fraction of sp³-hybridized carbons (Fsp3) is 0.619. The molecule has 1 aromatic rings. The molecule has 6 nitrogen and oxygen atoms in total. The van der Waals surface area contributed by atoms with Crippen molar-refractivity contribution in [1.29, 1.82) is 0 Å². The van der Waals surface area contributed by atoms with Gasteiger partial charge < -0.3 is 20.3 Å². The second-order valence-electron chi connectivity index (χ2n) is 7.67. The molecule has 1 heterocycles. The van der Waals surface area contributed by atoms with Gasteiger partial charge in [0.15, 0.2) is 5.96 Å². The number of ether oxygens (including phenoxy) is 1. The van der Waals surface area contributed by atoms with Crippen LogP contribution in [0.25, 0.3) is 0 Å². The van der Waals surface area contributed by atoms with Crippen molar-refractivity contribution in [3.8, 4) is 0 Å². The van der Waals surface area contributed by atoms with Gasteiger partial charge in [0, 0.05) is 43.2 Å². The van der Waals surface area contributed by atoms with Gasteiger partial charge in [0.1, 0.15) is 0 Å². The van der Waals surface area contributed by atoms with Crippen LogP contribution < -0.4 is 10.6 Å². The summed E-state index contributed by atoms with van der Waals surface area (Å²) in [5, 5.41) is 7.82. The molecule has 1 aromatic carbocycles. The van der Waals surface area contributed by atoms with Crippen LogP contribution in [0.5, 0.6) is 0 Å². The van der Waals surface area contributed by atoms with Crippen LogP contribution in [-0.2, 0) is 10.2 Å². The molecule has 1 saturated carbocycles. The molecule has 2 N–H and O–H groups in total. The van der Waals surface area contributed by atoms with Crippen molar-refractivity contribution in [2.45, 2.75) is 50.5 Å². The molecule has 2 aliphatic rings. The number of guanidine groups is 1. The maximum absolute atomic E-state index is 11.8. The summed E-state index contributed by atoms with van der Waals surface area (Å²) >= 11 is 6.05. The molecule has 0 spiro atoms. The number of amides is 1. The van der Waals surface area contributed by atoms with Gasteiger partial charge in [-0.05, 0) is 50.3 Å². The number of carbonyl (C=O) groups excluding carboxylic acids is 1. The highest BCUT2D eigenvalue weighted by Crippen LogP contribution is 2.43. The minimum Gasteiger partial charge on any atom is -0.450 e. The number of rotatable bonds is 5. The lowest BCUT2D eigenvalue weighted by Crippen LogP contribution is -2.53. The topological polar surface area (TPSA) is 66.0 Å². The first-order valence-electron chi connectivity index (χ1n) is 10.2. The van der Waals surface area contributed by atoms with E-state index in [0.29, 0.717) is 25.7 Å². The van der Waals surface area contributed by atoms with Crippen molar-refractivity contribution in [3.63, 3.8) is 0 Å². The molecule has 0 aromatic heterocycles. The zero-order valence-corrected chi connectivity index (χ0v) is 17.6. The number of aliphatic imine (C=N–C) groups is 1. The molecule has 7 heteroatoms. The van der Waals surface area contributed by atoms with E-state index in [1.807, 2.05) is 19.1 Å². The minimum absolute atomic E-state index is 0.162. The number of likely N-dealkylation sites (tertiary alicyclic amines) is 1. The molecule has 1 saturated heterocycles. The standard InChI is InChI=1S/C21H31ClN4O2/c1-3-28-20(27)26-13-9-18(10-14-26)25-19(23-2)24-15-21(11-4-12-21)16-5-7-17(22)8-6-16/h5-8,18H,3-4,9-15H2,1-2H3,(H2,23,24,25). The second-order valence-corrected chi connectivity index (χ2v) is 8.11. The molecular weight excluding hydrogens is 376 g/mol. The predicted molar refractivity (Wildman–Crippen MR) is 113 cm³/mol. The number of piperidine rings is 1. The third kappa shape index (κ3) is 4.90. The van der Waals surface area contributed by atoms with E-state index in [2.05, 4.69) is 27.8 Å². The van der Waals surface area contributed by atoms with E-state index in [-0.39, 0.29) is 11.5 Å². The van der Waals surface area contributed by atoms with Gasteiger partial charge in [-0.2, -0.15) is 0 Å². The summed E-state index contributed by atoms with van der Waals surface area (Å²) in [5.41, 5.74) is 1.50. The Balaban J connectivity index is 1.50. The van der Waals surface area contributed by atoms with Crippen LogP contribution in [-0.4, -0.2) is 56.3 Å². The summed E-state index contributed by atoms with van der Waals surface area (Å²) in [7, 11) is 1.80. The van der Waals surface area contributed by atoms with Gasteiger partial charge in [-0.1, -0.05) is 30.2 Å². The SMILES string of the molecule is CCOC(=O)N1CCC(NC(=NC)NCC2(c3ccc(Cl)cc3)CCC2)CC1. The fourth-order valence-corrected chi connectivity index (χ4v) is 4.16. The molecule has 28 heavy (non-hydrogen) atoms. The smallest absolute Gasteiger partial charge is 0.409 e. The Morgan fingerprint density at radius 3 is 2.50 bits per heavy atom. The van der Waals surface area contributed by atoms with Crippen LogP contribution in [0.1, 0.15) is 44.6 Å². The molecule has 0 bridgehead atoms. The molecule has 0 radical (unpaired) electrons. The summed E-state index contributed by atoms with van der Waals surface area (Å²) in [6.45, 7) is 4.53. The van der Waals surface area contributed by atoms with E-state index < -0.39 is 0 Å². The fourth-order valence-electron chi connectivity index (χ4n) is 4.04. The van der Waals surface area contributed by atoms with Gasteiger partial charge in [0.2, 0.25) is 0 Å². The van der Waals surface area contributed by atoms with E-state index in [0.717, 1.165) is 30.4 Å². The van der Waals surface area contributed by atoms with Gasteiger partial charge >= 0.3 is 6.09 Å². The molecule has 3 rings (SSSR count). The Hall–Kier alpha value is -1.95. The van der Waals surface area contributed by atoms with Crippen molar-refractivity contribution >= 4 is 23.7 Å². The highest BCUT2D eigenvalue weighted by atomic mass is 35.5. The third-order valence-electron chi connectivity index (χ3n) is 5.95. The highest BCUT2D eigenvalue weighted by molar-refractivity contribution is 6.30. The Morgan fingerprint density at radius 2 is 1.96 bits per heavy atom. The third-order valence-corrected chi connectivity index (χ3v) is 6.20. The number of hydrogen-bond donors (Lipinski definition) is 2. The molecule has 1 aliphatic heterocycles. The van der Waals surface area contributed by atoms with Crippen LogP contribution in [0.3, 0.4) is 0 Å². The van der Waals surface area contributed by atoms with Gasteiger partial charge in [-0.15, -0.1) is 0 Å². The maximum atomic E-state index is 11.8. The summed E-state index contributed by atoms with van der Waals surface area (Å²) in [4.78, 5) is 18.0. The summed E-state index contributed by atoms with van der Waals surface area (Å²) < 4.78 is 5.09. The predicted octanol–water partition coefficient (Wildman–Crippen LogP) is 3.55. The first-order chi connectivity index (χ1) is 13.6. The van der Waals surface area contributed by atoms with E-state index in [1.165, 1.54) is 24.8 Å². The summed E-state index contributed by atoms with van der Waals surface area (Å²) in [6.07, 6.45) is 5.18. The molecular formula is C21H31ClN4O2. The van der Waals surface area contributed by atoms with Crippen LogP contribution in [0, 0.1) is 0 Å². The van der Waals surface area contributed by atoms with Gasteiger partial charge in [0.05, 0.1) is 6.61 Å². The largest absolute Gasteiger partial charge is 0.450 e. The second kappa shape index (κ2) is 9.50. The Morgan fingerprint density at radius 1 is 1.29 bits per heavy atom. The zero-order chi connectivity index (χ0) is 20.0. The van der Waals surface area contributed by atoms with Crippen molar-refractivity contribution in [2.75, 3.05) is 33.3 Å². The molecule has 1 amide bonds. The van der Waals surface area contributed by atoms with Crippen LogP contribution in [0.4, 0.5) is 4.79 Å². The maximum Gasteiger partial charge on any atom is 0.409 e. The Bertz CT molecular complexity index is 680. The minimum atomic E-state index is -0.210. The molecule has 154 valence electrons. The first kappa shape index (κ1) is 20.8. The lowest BCUT2D eigenvalue weighted by atomic mass is 9.64. The number of benzene rings is 1. The zero-order valence-electron chi connectivity index (χ0n) is 16.8. The van der Waals surface area contributed by atoms with E-state index in [1.54, 1.807) is 11.9 Å². The number of carbonyl (C=O) groups is 1. The number of nitrogens with zero attached hydrogens (tertiary/aromatic N) is 2. The van der Waals surface area contributed by atoms with Crippen molar-refractivity contribution in [3.05, 3.63) is 34.9 Å². The summed E-state index contributed by atoms with van der Waals surface area (Å²) in [5.74, 6) is 0.829. The first-order valence-corrected chi connectivity index (χ1v) is 10.6. The van der Waals surface area contributed by atoms with Crippen molar-refractivity contribution in [2.24, 2.45) is 4.99 Å². The van der Waals surface area contributed by atoms with E-state index in [9.17, 15) is 4.79 Å². The number of nitrogens with one attached hydrogen (secondary N) is 2. The summed E-state index contributed by atoms with van der Waals surface area (Å²) in [6, 6.07) is 8.54. The van der Waals surface area contributed by atoms with Crippen LogP contribution in [0.2, 0.25) is 5.02 Å². The quantitative estimate of drug-likeness (QED) is 0.579. The average molecular weight is 407 g/mol. The molecule has 0 atom stereocenters. The van der Waals surface area contributed by atoms with Gasteiger partial charge in [-0.3, -0.25) is 4.99 Å². The van der Waals surface area contributed by atoms with Crippen molar-refractivity contribution < 1.29 is 9.53 Å². The average Bonchev–Trinajstić information content (AvgIpc) is 2.68. The molecule has 2 fully saturated rings. The highest BCUT2D eigenvalue weighted by Gasteiger charge is 2.38. The Labute approximate surface area is 172 Å². The normalized spacial score (nSPS) is 19.7. The van der Waals surface area contributed by atoms with Crippen LogP contribution in [0.15, 0.2) is 29.3 Å². The Kier molecular flexibility index (Phi) is 7.05. The van der Waals surface area contributed by atoms with Gasteiger partial charge in [0.25, 0.3) is 0 Å². The van der Waals surface area contributed by atoms with Crippen LogP contribution >= 0.6 is 11.6 Å². The van der Waals surface area contributed by atoms with Crippen molar-refractivity contribution in [1.82, 2.24) is 15.5 Å². The lowest BCUT2D eigenvalue weighted by Gasteiger charge is -2.43. The monoisotopic (exact) mass is 406 g/mol. The number of halogens is 1. The molecule has 0 unspecified atom stereocenters. The number of hydrogen-bond acceptors (Lipinski definition) is 3. The van der Waals surface area contributed by atoms with E-state index >= 15 is 0 Å². The molecule has 1 aliphatic carbocycles.